The van der Waals surface area contributed by atoms with Gasteiger partial charge in [-0.15, -0.1) is 11.8 Å². The number of ether oxygens (including phenoxy) is 2. The summed E-state index contributed by atoms with van der Waals surface area (Å²) in [7, 11) is 1.50. The highest BCUT2D eigenvalue weighted by Crippen LogP contribution is 2.42. The van der Waals surface area contributed by atoms with Crippen LogP contribution in [-0.2, 0) is 19.1 Å². The average Bonchev–Trinajstić information content (AvgIpc) is 2.84. The Hall–Kier alpha value is -1.69. The number of hydrogen-bond acceptors (Lipinski definition) is 6. The number of benzene rings is 1. The fourth-order valence-electron chi connectivity index (χ4n) is 2.55. The topological polar surface area (TPSA) is 57.1 Å². The number of thioether (sulfide) groups is 1. The van der Waals surface area contributed by atoms with E-state index in [0.29, 0.717) is 25.5 Å². The molecule has 0 spiro atoms. The summed E-state index contributed by atoms with van der Waals surface area (Å²) in [6.07, 6.45) is 0.322. The van der Waals surface area contributed by atoms with Crippen LogP contribution in [0.15, 0.2) is 40.4 Å². The molecule has 1 heterocycles. The molecule has 1 aromatic carbocycles. The zero-order valence-corrected chi connectivity index (χ0v) is 14.6. The molecule has 2 atom stereocenters. The van der Waals surface area contributed by atoms with Crippen molar-refractivity contribution in [3.63, 3.8) is 0 Å². The van der Waals surface area contributed by atoms with Crippen LogP contribution in [-0.4, -0.2) is 37.9 Å². The molecule has 1 aliphatic heterocycles. The highest BCUT2D eigenvalue weighted by molar-refractivity contribution is 7.99. The molecule has 2 rings (SSSR count). The molecule has 0 aliphatic carbocycles. The molecular weight excluding hydrogens is 314 g/mol. The minimum Gasteiger partial charge on any atom is -0.478 e. The maximum Gasteiger partial charge on any atom is 0.306 e. The lowest BCUT2D eigenvalue weighted by molar-refractivity contribution is -0.144. The highest BCUT2D eigenvalue weighted by atomic mass is 32.2. The average molecular weight is 337 g/mol. The van der Waals surface area contributed by atoms with Crippen LogP contribution in [0.1, 0.15) is 20.3 Å². The summed E-state index contributed by atoms with van der Waals surface area (Å²) in [5.41, 5.74) is -0.372. The lowest BCUT2D eigenvalue weighted by Crippen LogP contribution is -2.34. The quantitative estimate of drug-likeness (QED) is 0.434. The van der Waals surface area contributed by atoms with E-state index in [9.17, 15) is 4.79 Å². The molecule has 0 saturated carbocycles. The number of carbonyl (C=O) groups is 1. The molecule has 0 N–H and O–H groups in total. The van der Waals surface area contributed by atoms with Crippen LogP contribution in [0.2, 0.25) is 0 Å². The molecule has 1 aliphatic rings. The Morgan fingerprint density at radius 3 is 2.83 bits per heavy atom. The van der Waals surface area contributed by atoms with Gasteiger partial charge >= 0.3 is 5.97 Å². The second-order valence-corrected chi connectivity index (χ2v) is 6.66. The van der Waals surface area contributed by atoms with Gasteiger partial charge in [0.15, 0.2) is 0 Å². The Kier molecular flexibility index (Phi) is 6.33. The van der Waals surface area contributed by atoms with Crippen LogP contribution in [0.3, 0.4) is 0 Å². The third kappa shape index (κ3) is 4.41. The maximum absolute atomic E-state index is 11.9. The van der Waals surface area contributed by atoms with Gasteiger partial charge in [0.2, 0.25) is 5.90 Å². The Morgan fingerprint density at radius 1 is 1.43 bits per heavy atom. The predicted molar refractivity (Wildman–Crippen MR) is 90.4 cm³/mol. The smallest absolute Gasteiger partial charge is 0.306 e. The van der Waals surface area contributed by atoms with E-state index in [1.54, 1.807) is 11.8 Å². The van der Waals surface area contributed by atoms with Gasteiger partial charge in [0.25, 0.3) is 0 Å². The van der Waals surface area contributed by atoms with Crippen molar-refractivity contribution >= 4 is 23.6 Å². The van der Waals surface area contributed by atoms with Crippen molar-refractivity contribution in [3.05, 3.63) is 30.3 Å². The lowest BCUT2D eigenvalue weighted by atomic mass is 9.79. The fraction of sp³-hybridized carbons (Fsp3) is 0.529. The largest absolute Gasteiger partial charge is 0.478 e. The minimum atomic E-state index is -0.372. The summed E-state index contributed by atoms with van der Waals surface area (Å²) in [6.45, 7) is 4.72. The second-order valence-electron chi connectivity index (χ2n) is 5.62. The summed E-state index contributed by atoms with van der Waals surface area (Å²) >= 11 is 1.72. The maximum atomic E-state index is 11.9. The molecule has 1 aromatic rings. The number of hydrogen-bond donors (Lipinski definition) is 0. The molecule has 126 valence electrons. The zero-order chi connectivity index (χ0) is 16.7. The number of esters is 1. The van der Waals surface area contributed by atoms with Crippen molar-refractivity contribution in [2.45, 2.75) is 25.2 Å². The Labute approximate surface area is 141 Å². The zero-order valence-electron chi connectivity index (χ0n) is 13.8. The first kappa shape index (κ1) is 17.7. The molecular formula is C17H23NO4S. The number of rotatable bonds is 7. The van der Waals surface area contributed by atoms with Crippen molar-refractivity contribution in [1.29, 1.82) is 0 Å². The molecule has 0 radical (unpaired) electrons. The summed E-state index contributed by atoms with van der Waals surface area (Å²) in [5, 5.41) is 4.02. The van der Waals surface area contributed by atoms with E-state index in [1.807, 2.05) is 25.1 Å². The molecule has 0 amide bonds. The lowest BCUT2D eigenvalue weighted by Gasteiger charge is -2.27. The molecule has 0 aromatic heterocycles. The van der Waals surface area contributed by atoms with Gasteiger partial charge in [-0.3, -0.25) is 4.79 Å². The molecule has 0 bridgehead atoms. The SMILES string of the molecule is CCOC(=O)C[C@H]1CO/C(=N\OC)[C@@]1(C)CSc1ccccc1. The molecule has 1 fully saturated rings. The first-order valence-electron chi connectivity index (χ1n) is 7.68. The van der Waals surface area contributed by atoms with Gasteiger partial charge in [0.05, 0.1) is 25.0 Å². The minimum absolute atomic E-state index is 0.0201. The Bertz CT molecular complexity index is 549. The van der Waals surface area contributed by atoms with Crippen LogP contribution >= 0.6 is 11.8 Å². The summed E-state index contributed by atoms with van der Waals surface area (Å²) in [4.78, 5) is 18.0. The van der Waals surface area contributed by atoms with Crippen LogP contribution in [0, 0.1) is 11.3 Å². The van der Waals surface area contributed by atoms with E-state index < -0.39 is 0 Å². The van der Waals surface area contributed by atoms with Gasteiger partial charge in [-0.1, -0.05) is 23.4 Å². The van der Waals surface area contributed by atoms with Gasteiger partial charge in [-0.25, -0.2) is 0 Å². The van der Waals surface area contributed by atoms with E-state index >= 15 is 0 Å². The monoisotopic (exact) mass is 337 g/mol. The third-order valence-electron chi connectivity index (χ3n) is 3.99. The normalized spacial score (nSPS) is 25.2. The van der Waals surface area contributed by atoms with Crippen LogP contribution in [0.4, 0.5) is 0 Å². The number of oxime groups is 1. The second kappa shape index (κ2) is 8.24. The summed E-state index contributed by atoms with van der Waals surface area (Å²) in [6, 6.07) is 10.1. The number of carbonyl (C=O) groups excluding carboxylic acids is 1. The van der Waals surface area contributed by atoms with E-state index in [-0.39, 0.29) is 17.3 Å². The molecule has 23 heavy (non-hydrogen) atoms. The van der Waals surface area contributed by atoms with Crippen molar-refractivity contribution in [3.8, 4) is 0 Å². The van der Waals surface area contributed by atoms with E-state index in [1.165, 1.54) is 12.0 Å². The van der Waals surface area contributed by atoms with Crippen molar-refractivity contribution in [2.75, 3.05) is 26.1 Å². The van der Waals surface area contributed by atoms with E-state index in [0.717, 1.165) is 5.75 Å². The fourth-order valence-corrected chi connectivity index (χ4v) is 3.73. The summed E-state index contributed by atoms with van der Waals surface area (Å²) < 4.78 is 10.8. The van der Waals surface area contributed by atoms with Crippen molar-refractivity contribution < 1.29 is 19.1 Å². The molecule has 0 unspecified atom stereocenters. The van der Waals surface area contributed by atoms with Crippen molar-refractivity contribution in [1.82, 2.24) is 0 Å². The van der Waals surface area contributed by atoms with Gasteiger partial charge in [-0.2, -0.15) is 0 Å². The summed E-state index contributed by atoms with van der Waals surface area (Å²) in [5.74, 6) is 1.13. The van der Waals surface area contributed by atoms with Gasteiger partial charge < -0.3 is 14.3 Å². The van der Waals surface area contributed by atoms with E-state index in [2.05, 4.69) is 24.2 Å². The van der Waals surface area contributed by atoms with Crippen LogP contribution in [0.5, 0.6) is 0 Å². The van der Waals surface area contributed by atoms with Crippen LogP contribution in [0.25, 0.3) is 0 Å². The standard InChI is InChI=1S/C17H23NO4S/c1-4-21-15(19)10-13-11-22-16(18-20-3)17(13,2)12-23-14-8-6-5-7-9-14/h5-9,13H,4,10-12H2,1-3H3/b18-16-/t13-,17-/m0/s1. The van der Waals surface area contributed by atoms with Crippen molar-refractivity contribution in [2.24, 2.45) is 16.5 Å². The molecule has 6 heteroatoms. The van der Waals surface area contributed by atoms with E-state index in [4.69, 9.17) is 14.3 Å². The Morgan fingerprint density at radius 2 is 2.17 bits per heavy atom. The number of nitrogens with zero attached hydrogens (tertiary/aromatic N) is 1. The predicted octanol–water partition coefficient (Wildman–Crippen LogP) is 3.34. The first-order valence-corrected chi connectivity index (χ1v) is 8.66. The Balaban J connectivity index is 2.12. The molecule has 1 saturated heterocycles. The van der Waals surface area contributed by atoms with Gasteiger partial charge in [0.1, 0.15) is 7.11 Å². The van der Waals surface area contributed by atoms with Gasteiger partial charge in [-0.05, 0) is 26.0 Å². The molecule has 5 nitrogen and oxygen atoms in total. The highest BCUT2D eigenvalue weighted by Gasteiger charge is 2.48. The third-order valence-corrected chi connectivity index (χ3v) is 5.33. The van der Waals surface area contributed by atoms with Gasteiger partial charge in [0, 0.05) is 16.6 Å². The van der Waals surface area contributed by atoms with Crippen LogP contribution < -0.4 is 0 Å². The first-order chi connectivity index (χ1) is 11.1.